The van der Waals surface area contributed by atoms with Gasteiger partial charge in [0.25, 0.3) is 5.91 Å². The number of fused-ring (bicyclic) bond motifs is 2. The van der Waals surface area contributed by atoms with Crippen molar-refractivity contribution < 1.29 is 46.1 Å². The van der Waals surface area contributed by atoms with Gasteiger partial charge in [-0.05, 0) is 17.7 Å². The first kappa shape index (κ1) is 22.3. The number of hydrogen-bond donors (Lipinski definition) is 1. The summed E-state index contributed by atoms with van der Waals surface area (Å²) in [6.45, 7) is -7.07. The van der Waals surface area contributed by atoms with Gasteiger partial charge in [0.15, 0.2) is 0 Å². The van der Waals surface area contributed by atoms with Crippen LogP contribution >= 0.6 is 0 Å². The molecule has 1 N–H and O–H groups in total. The number of benzene rings is 3. The number of halogens is 5. The summed E-state index contributed by atoms with van der Waals surface area (Å²) in [7, 11) is 0. The lowest BCUT2D eigenvalue weighted by molar-refractivity contribution is -0.136. The minimum Gasteiger partial charge on any atom is -0.481 e. The number of carboxylic acid groups (broad SMARTS) is 1. The highest BCUT2D eigenvalue weighted by Gasteiger charge is 2.39. The first-order valence-electron chi connectivity index (χ1n) is 9.46. The molecule has 0 atom stereocenters. The predicted octanol–water partition coefficient (Wildman–Crippen LogP) is 4.97. The standard InChI is InChI=1S/C22H14F5NO5/c23-14-7-10(8-16(29)30)5-6-15(14)28-9-13-17(20(28)31)19(33-22(26)27)12-4-2-1-3-11(12)18(13)32-21(24)25/h1-7,21-22H,8-9H2,(H,29,30). The molecule has 3 aromatic carbocycles. The molecule has 0 unspecified atom stereocenters. The highest BCUT2D eigenvalue weighted by Crippen LogP contribution is 2.47. The maximum atomic E-state index is 14.8. The molecule has 1 aliphatic heterocycles. The molecule has 172 valence electrons. The number of hydrogen-bond acceptors (Lipinski definition) is 4. The minimum absolute atomic E-state index is 0.0131. The molecule has 1 aliphatic rings. The van der Waals surface area contributed by atoms with Crippen LogP contribution in [0.5, 0.6) is 11.5 Å². The molecule has 0 bridgehead atoms. The third kappa shape index (κ3) is 4.13. The molecular formula is C22H14F5NO5. The van der Waals surface area contributed by atoms with Gasteiger partial charge in [0.1, 0.15) is 17.3 Å². The Labute approximate surface area is 182 Å². The Balaban J connectivity index is 1.89. The van der Waals surface area contributed by atoms with E-state index in [0.717, 1.165) is 17.0 Å². The van der Waals surface area contributed by atoms with E-state index in [1.54, 1.807) is 0 Å². The highest BCUT2D eigenvalue weighted by atomic mass is 19.3. The van der Waals surface area contributed by atoms with Crippen LogP contribution in [0.25, 0.3) is 10.8 Å². The Bertz CT molecular complexity index is 1260. The number of amides is 1. The zero-order valence-corrected chi connectivity index (χ0v) is 16.5. The van der Waals surface area contributed by atoms with Crippen LogP contribution in [0, 0.1) is 5.82 Å². The van der Waals surface area contributed by atoms with Crippen LogP contribution in [0.4, 0.5) is 27.6 Å². The van der Waals surface area contributed by atoms with Crippen molar-refractivity contribution in [3.05, 3.63) is 65.0 Å². The van der Waals surface area contributed by atoms with E-state index in [1.807, 2.05) is 0 Å². The average molecular weight is 467 g/mol. The Kier molecular flexibility index (Phi) is 5.79. The fraction of sp³-hybridized carbons (Fsp3) is 0.182. The summed E-state index contributed by atoms with van der Waals surface area (Å²) in [5.74, 6) is -4.05. The number of carboxylic acids is 1. The average Bonchev–Trinajstić information content (AvgIpc) is 3.06. The Morgan fingerprint density at radius 2 is 1.61 bits per heavy atom. The van der Waals surface area contributed by atoms with Crippen molar-refractivity contribution in [2.75, 3.05) is 4.90 Å². The maximum absolute atomic E-state index is 14.8. The van der Waals surface area contributed by atoms with Crippen molar-refractivity contribution in [1.82, 2.24) is 0 Å². The van der Waals surface area contributed by atoms with Crippen LogP contribution < -0.4 is 14.4 Å². The van der Waals surface area contributed by atoms with Gasteiger partial charge in [-0.1, -0.05) is 30.3 Å². The molecular weight excluding hydrogens is 453 g/mol. The first-order valence-corrected chi connectivity index (χ1v) is 9.46. The highest BCUT2D eigenvalue weighted by molar-refractivity contribution is 6.17. The van der Waals surface area contributed by atoms with Crippen LogP contribution in [0.2, 0.25) is 0 Å². The molecule has 0 radical (unpaired) electrons. The third-order valence-electron chi connectivity index (χ3n) is 5.07. The zero-order valence-electron chi connectivity index (χ0n) is 16.5. The van der Waals surface area contributed by atoms with E-state index >= 15 is 0 Å². The number of ether oxygens (including phenoxy) is 2. The second kappa shape index (κ2) is 8.57. The van der Waals surface area contributed by atoms with Crippen molar-refractivity contribution in [1.29, 1.82) is 0 Å². The maximum Gasteiger partial charge on any atom is 0.387 e. The summed E-state index contributed by atoms with van der Waals surface area (Å²) in [5, 5.41) is 8.82. The molecule has 0 aliphatic carbocycles. The molecule has 0 spiro atoms. The fourth-order valence-electron chi connectivity index (χ4n) is 3.85. The van der Waals surface area contributed by atoms with Crippen LogP contribution in [0.1, 0.15) is 21.5 Å². The lowest BCUT2D eigenvalue weighted by atomic mass is 9.99. The van der Waals surface area contributed by atoms with Gasteiger partial charge in [0.2, 0.25) is 0 Å². The third-order valence-corrected chi connectivity index (χ3v) is 5.07. The molecule has 1 amide bonds. The van der Waals surface area contributed by atoms with Gasteiger partial charge >= 0.3 is 19.2 Å². The number of carbonyl (C=O) groups is 2. The van der Waals surface area contributed by atoms with Crippen molar-refractivity contribution in [3.63, 3.8) is 0 Å². The van der Waals surface area contributed by atoms with Gasteiger partial charge in [-0.25, -0.2) is 4.39 Å². The molecule has 0 aromatic heterocycles. The number of anilines is 1. The quantitative estimate of drug-likeness (QED) is 0.497. The van der Waals surface area contributed by atoms with E-state index in [0.29, 0.717) is 0 Å². The summed E-state index contributed by atoms with van der Waals surface area (Å²) < 4.78 is 76.7. The summed E-state index contributed by atoms with van der Waals surface area (Å²) in [6, 6.07) is 8.92. The van der Waals surface area contributed by atoms with Crippen molar-refractivity contribution >= 4 is 28.3 Å². The molecule has 0 fully saturated rings. The van der Waals surface area contributed by atoms with E-state index in [2.05, 4.69) is 9.47 Å². The van der Waals surface area contributed by atoms with Gasteiger partial charge < -0.3 is 19.5 Å². The van der Waals surface area contributed by atoms with Crippen molar-refractivity contribution in [2.24, 2.45) is 0 Å². The molecule has 3 aromatic rings. The molecule has 33 heavy (non-hydrogen) atoms. The van der Waals surface area contributed by atoms with Crippen molar-refractivity contribution in [3.8, 4) is 11.5 Å². The topological polar surface area (TPSA) is 76.1 Å². The van der Waals surface area contributed by atoms with Gasteiger partial charge in [-0.2, -0.15) is 17.6 Å². The van der Waals surface area contributed by atoms with Crippen LogP contribution in [-0.2, 0) is 17.8 Å². The van der Waals surface area contributed by atoms with Gasteiger partial charge in [-0.3, -0.25) is 9.59 Å². The van der Waals surface area contributed by atoms with E-state index in [-0.39, 0.29) is 27.6 Å². The molecule has 6 nitrogen and oxygen atoms in total. The molecule has 1 heterocycles. The Morgan fingerprint density at radius 1 is 1.00 bits per heavy atom. The van der Waals surface area contributed by atoms with Gasteiger partial charge in [0.05, 0.1) is 24.2 Å². The number of aliphatic carboxylic acids is 1. The Morgan fingerprint density at radius 3 is 2.18 bits per heavy atom. The number of alkyl halides is 4. The summed E-state index contributed by atoms with van der Waals surface area (Å²) in [6.07, 6.45) is -0.463. The second-order valence-electron chi connectivity index (χ2n) is 7.06. The lowest BCUT2D eigenvalue weighted by Gasteiger charge is -2.17. The molecule has 0 saturated carbocycles. The minimum atomic E-state index is -3.33. The zero-order chi connectivity index (χ0) is 23.9. The van der Waals surface area contributed by atoms with Gasteiger partial charge in [0, 0.05) is 16.3 Å². The molecule has 0 saturated heterocycles. The molecule has 11 heteroatoms. The van der Waals surface area contributed by atoms with Crippen molar-refractivity contribution in [2.45, 2.75) is 26.2 Å². The second-order valence-corrected chi connectivity index (χ2v) is 7.06. The van der Waals surface area contributed by atoms with E-state index in [4.69, 9.17) is 5.11 Å². The smallest absolute Gasteiger partial charge is 0.387 e. The van der Waals surface area contributed by atoms with Gasteiger partial charge in [-0.15, -0.1) is 0 Å². The largest absolute Gasteiger partial charge is 0.481 e. The van der Waals surface area contributed by atoms with Crippen LogP contribution in [0.3, 0.4) is 0 Å². The molecule has 4 rings (SSSR count). The predicted molar refractivity (Wildman–Crippen MR) is 105 cm³/mol. The Hall–Kier alpha value is -3.89. The number of nitrogens with zero attached hydrogens (tertiary/aromatic N) is 1. The summed E-state index contributed by atoms with van der Waals surface area (Å²) in [4.78, 5) is 24.9. The van der Waals surface area contributed by atoms with E-state index < -0.39 is 60.9 Å². The monoisotopic (exact) mass is 467 g/mol. The number of rotatable bonds is 7. The van der Waals surface area contributed by atoms with E-state index in [9.17, 15) is 31.5 Å². The number of carbonyl (C=O) groups excluding carboxylic acids is 1. The summed E-state index contributed by atoms with van der Waals surface area (Å²) >= 11 is 0. The summed E-state index contributed by atoms with van der Waals surface area (Å²) in [5.41, 5.74) is -0.773. The van der Waals surface area contributed by atoms with Crippen LogP contribution in [-0.4, -0.2) is 30.2 Å². The fourth-order valence-corrected chi connectivity index (χ4v) is 3.85. The van der Waals surface area contributed by atoms with E-state index in [1.165, 1.54) is 30.3 Å². The normalized spacial score (nSPS) is 13.2. The van der Waals surface area contributed by atoms with Crippen LogP contribution in [0.15, 0.2) is 42.5 Å². The first-order chi connectivity index (χ1) is 15.7. The lowest BCUT2D eigenvalue weighted by Crippen LogP contribution is -2.24. The SMILES string of the molecule is O=C(O)Cc1ccc(N2Cc3c(c(OC(F)F)c4ccccc4c3OC(F)F)C2=O)c(F)c1.